The molecule has 0 rings (SSSR count). The van der Waals surface area contributed by atoms with Crippen LogP contribution in [0.5, 0.6) is 0 Å². The van der Waals surface area contributed by atoms with Gasteiger partial charge >= 0.3 is 0 Å². The number of hydrogen-bond donors (Lipinski definition) is 1. The SMILES string of the molecule is COCCCCCCCCCCCCCOCCO. The summed E-state index contributed by atoms with van der Waals surface area (Å²) in [6.45, 7) is 2.36. The fourth-order valence-corrected chi connectivity index (χ4v) is 2.21. The molecule has 0 aromatic heterocycles. The van der Waals surface area contributed by atoms with Crippen LogP contribution in [-0.4, -0.2) is 38.6 Å². The van der Waals surface area contributed by atoms with Crippen LogP contribution in [0.15, 0.2) is 0 Å². The van der Waals surface area contributed by atoms with Crippen LogP contribution in [0.4, 0.5) is 0 Å². The first-order chi connectivity index (χ1) is 9.41. The minimum Gasteiger partial charge on any atom is -0.394 e. The molecule has 0 radical (unpaired) electrons. The summed E-state index contributed by atoms with van der Waals surface area (Å²) < 4.78 is 10.3. The van der Waals surface area contributed by atoms with Crippen LogP contribution in [0.3, 0.4) is 0 Å². The van der Waals surface area contributed by atoms with Gasteiger partial charge in [-0.15, -0.1) is 0 Å². The second-order valence-electron chi connectivity index (χ2n) is 5.22. The maximum atomic E-state index is 8.54. The summed E-state index contributed by atoms with van der Waals surface area (Å²) in [6.07, 6.45) is 14.6. The third kappa shape index (κ3) is 17.9. The van der Waals surface area contributed by atoms with Crippen molar-refractivity contribution in [3.05, 3.63) is 0 Å². The van der Waals surface area contributed by atoms with Gasteiger partial charge in [0.1, 0.15) is 0 Å². The van der Waals surface area contributed by atoms with Gasteiger partial charge < -0.3 is 14.6 Å². The number of hydrogen-bond acceptors (Lipinski definition) is 3. The lowest BCUT2D eigenvalue weighted by Gasteiger charge is -2.03. The third-order valence-corrected chi connectivity index (χ3v) is 3.37. The average molecular weight is 274 g/mol. The second kappa shape index (κ2) is 17.9. The number of aliphatic hydroxyl groups excluding tert-OH is 1. The molecule has 0 bridgehead atoms. The van der Waals surface area contributed by atoms with Crippen molar-refractivity contribution >= 4 is 0 Å². The molecular formula is C16H34O3. The highest BCUT2D eigenvalue weighted by Crippen LogP contribution is 2.11. The van der Waals surface area contributed by atoms with E-state index >= 15 is 0 Å². The number of aliphatic hydroxyl groups is 1. The lowest BCUT2D eigenvalue weighted by atomic mass is 10.1. The summed E-state index contributed by atoms with van der Waals surface area (Å²) in [5, 5.41) is 8.54. The summed E-state index contributed by atoms with van der Waals surface area (Å²) in [4.78, 5) is 0. The third-order valence-electron chi connectivity index (χ3n) is 3.37. The maximum Gasteiger partial charge on any atom is 0.0697 e. The van der Waals surface area contributed by atoms with Crippen LogP contribution >= 0.6 is 0 Å². The van der Waals surface area contributed by atoms with E-state index < -0.39 is 0 Å². The summed E-state index contributed by atoms with van der Waals surface area (Å²) in [5.74, 6) is 0. The Morgan fingerprint density at radius 2 is 1.00 bits per heavy atom. The first-order valence-electron chi connectivity index (χ1n) is 8.09. The largest absolute Gasteiger partial charge is 0.394 e. The molecule has 0 atom stereocenters. The van der Waals surface area contributed by atoms with Gasteiger partial charge in [-0.05, 0) is 12.8 Å². The smallest absolute Gasteiger partial charge is 0.0697 e. The molecule has 0 aliphatic rings. The van der Waals surface area contributed by atoms with Crippen molar-refractivity contribution in [2.24, 2.45) is 0 Å². The maximum absolute atomic E-state index is 8.54. The van der Waals surface area contributed by atoms with Gasteiger partial charge in [0, 0.05) is 20.3 Å². The molecule has 1 N–H and O–H groups in total. The van der Waals surface area contributed by atoms with E-state index in [0.29, 0.717) is 6.61 Å². The van der Waals surface area contributed by atoms with Gasteiger partial charge in [-0.25, -0.2) is 0 Å². The lowest BCUT2D eigenvalue weighted by molar-refractivity contribution is 0.0895. The predicted octanol–water partition coefficient (Wildman–Crippen LogP) is 3.93. The molecule has 19 heavy (non-hydrogen) atoms. The van der Waals surface area contributed by atoms with Gasteiger partial charge in [0.05, 0.1) is 13.2 Å². The van der Waals surface area contributed by atoms with Crippen LogP contribution < -0.4 is 0 Å². The van der Waals surface area contributed by atoms with E-state index in [0.717, 1.165) is 19.6 Å². The Bertz CT molecular complexity index is 135. The number of ether oxygens (including phenoxy) is 2. The van der Waals surface area contributed by atoms with E-state index in [1.807, 2.05) is 0 Å². The fourth-order valence-electron chi connectivity index (χ4n) is 2.21. The van der Waals surface area contributed by atoms with Crippen molar-refractivity contribution in [2.45, 2.75) is 70.6 Å². The molecule has 0 saturated heterocycles. The summed E-state index contributed by atoms with van der Waals surface area (Å²) >= 11 is 0. The van der Waals surface area contributed by atoms with Crippen molar-refractivity contribution in [3.63, 3.8) is 0 Å². The number of rotatable bonds is 16. The lowest BCUT2D eigenvalue weighted by Crippen LogP contribution is -2.00. The van der Waals surface area contributed by atoms with E-state index in [-0.39, 0.29) is 6.61 Å². The molecule has 0 unspecified atom stereocenters. The first kappa shape index (κ1) is 18.9. The molecule has 0 aliphatic carbocycles. The van der Waals surface area contributed by atoms with E-state index in [9.17, 15) is 0 Å². The Morgan fingerprint density at radius 3 is 1.42 bits per heavy atom. The van der Waals surface area contributed by atoms with Crippen LogP contribution in [0, 0.1) is 0 Å². The molecule has 3 heteroatoms. The van der Waals surface area contributed by atoms with E-state index in [2.05, 4.69) is 0 Å². The van der Waals surface area contributed by atoms with Crippen LogP contribution in [0.2, 0.25) is 0 Å². The summed E-state index contributed by atoms with van der Waals surface area (Å²) in [7, 11) is 1.78. The Balaban J connectivity index is 2.88. The van der Waals surface area contributed by atoms with E-state index in [1.165, 1.54) is 64.2 Å². The minimum absolute atomic E-state index is 0.144. The highest BCUT2D eigenvalue weighted by molar-refractivity contribution is 4.48. The van der Waals surface area contributed by atoms with Crippen molar-refractivity contribution in [1.29, 1.82) is 0 Å². The zero-order valence-electron chi connectivity index (χ0n) is 12.9. The first-order valence-corrected chi connectivity index (χ1v) is 8.09. The molecule has 0 saturated carbocycles. The van der Waals surface area contributed by atoms with Crippen LogP contribution in [0.25, 0.3) is 0 Å². The minimum atomic E-state index is 0.144. The molecule has 0 fully saturated rings. The molecule has 3 nitrogen and oxygen atoms in total. The molecule has 0 aromatic carbocycles. The fraction of sp³-hybridized carbons (Fsp3) is 1.00. The average Bonchev–Trinajstić information content (AvgIpc) is 2.43. The van der Waals surface area contributed by atoms with Gasteiger partial charge in [-0.3, -0.25) is 0 Å². The Labute approximate surface area is 119 Å². The van der Waals surface area contributed by atoms with Crippen molar-refractivity contribution in [3.8, 4) is 0 Å². The standard InChI is InChI=1S/C16H34O3/c1-18-14-11-9-7-5-3-2-4-6-8-10-12-15-19-16-13-17/h17H,2-16H2,1H3. The molecule has 0 heterocycles. The molecule has 116 valence electrons. The normalized spacial score (nSPS) is 11.1. The monoisotopic (exact) mass is 274 g/mol. The zero-order chi connectivity index (χ0) is 14.0. The summed E-state index contributed by atoms with van der Waals surface area (Å²) in [6, 6.07) is 0. The van der Waals surface area contributed by atoms with Crippen molar-refractivity contribution in [2.75, 3.05) is 33.5 Å². The molecule has 0 amide bonds. The Kier molecular flexibility index (Phi) is 17.8. The van der Waals surface area contributed by atoms with Gasteiger partial charge in [-0.1, -0.05) is 57.8 Å². The van der Waals surface area contributed by atoms with Gasteiger partial charge in [-0.2, -0.15) is 0 Å². The van der Waals surface area contributed by atoms with Crippen LogP contribution in [0.1, 0.15) is 70.6 Å². The number of unbranched alkanes of at least 4 members (excludes halogenated alkanes) is 10. The molecule has 0 spiro atoms. The topological polar surface area (TPSA) is 38.7 Å². The Hall–Kier alpha value is -0.120. The van der Waals surface area contributed by atoms with E-state index in [4.69, 9.17) is 14.6 Å². The Morgan fingerprint density at radius 1 is 0.579 bits per heavy atom. The van der Waals surface area contributed by atoms with Gasteiger partial charge in [0.25, 0.3) is 0 Å². The molecule has 0 aliphatic heterocycles. The van der Waals surface area contributed by atoms with Gasteiger partial charge in [0.2, 0.25) is 0 Å². The van der Waals surface area contributed by atoms with Crippen molar-refractivity contribution in [1.82, 2.24) is 0 Å². The molecule has 0 aromatic rings. The highest BCUT2D eigenvalue weighted by atomic mass is 16.5. The van der Waals surface area contributed by atoms with Crippen molar-refractivity contribution < 1.29 is 14.6 Å². The van der Waals surface area contributed by atoms with Crippen LogP contribution in [-0.2, 0) is 9.47 Å². The van der Waals surface area contributed by atoms with E-state index in [1.54, 1.807) is 7.11 Å². The highest BCUT2D eigenvalue weighted by Gasteiger charge is 1.94. The number of methoxy groups -OCH3 is 1. The quantitative estimate of drug-likeness (QED) is 0.433. The summed E-state index contributed by atoms with van der Waals surface area (Å²) in [5.41, 5.74) is 0. The zero-order valence-corrected chi connectivity index (χ0v) is 12.9. The second-order valence-corrected chi connectivity index (χ2v) is 5.22. The van der Waals surface area contributed by atoms with Gasteiger partial charge in [0.15, 0.2) is 0 Å². The molecular weight excluding hydrogens is 240 g/mol. The predicted molar refractivity (Wildman–Crippen MR) is 80.6 cm³/mol.